The first-order chi connectivity index (χ1) is 9.74. The van der Waals surface area contributed by atoms with Gasteiger partial charge in [0.1, 0.15) is 5.82 Å². The number of aromatic carboxylic acids is 1. The lowest BCUT2D eigenvalue weighted by Gasteiger charge is -2.23. The highest BCUT2D eigenvalue weighted by molar-refractivity contribution is 5.85. The Labute approximate surface area is 116 Å². The molecule has 0 atom stereocenters. The maximum atomic E-state index is 11.0. The van der Waals surface area contributed by atoms with Crippen molar-refractivity contribution in [2.45, 2.75) is 25.4 Å². The van der Waals surface area contributed by atoms with Crippen molar-refractivity contribution < 1.29 is 9.90 Å². The quantitative estimate of drug-likeness (QED) is 0.902. The normalized spacial score (nSPS) is 14.0. The largest absolute Gasteiger partial charge is 0.477 e. The minimum atomic E-state index is -1.000. The number of carbonyl (C=O) groups is 1. The lowest BCUT2D eigenvalue weighted by atomic mass is 10.3. The number of hydrogen-bond acceptors (Lipinski definition) is 4. The lowest BCUT2D eigenvalue weighted by Crippen LogP contribution is -2.26. The fourth-order valence-corrected chi connectivity index (χ4v) is 2.15. The smallest absolute Gasteiger partial charge is 0.354 e. The molecule has 2 aromatic heterocycles. The Hall–Kier alpha value is -2.43. The number of hydrogen-bond donors (Lipinski definition) is 1. The van der Waals surface area contributed by atoms with Crippen LogP contribution in [0, 0.1) is 0 Å². The Morgan fingerprint density at radius 2 is 2.10 bits per heavy atom. The van der Waals surface area contributed by atoms with Crippen LogP contribution in [0.3, 0.4) is 0 Å². The zero-order valence-corrected chi connectivity index (χ0v) is 10.9. The van der Waals surface area contributed by atoms with E-state index in [1.54, 1.807) is 12.3 Å². The Bertz CT molecular complexity index is 612. The molecule has 0 aliphatic heterocycles. The van der Waals surface area contributed by atoms with Gasteiger partial charge in [0, 0.05) is 12.2 Å². The van der Waals surface area contributed by atoms with Crippen molar-refractivity contribution in [3.8, 4) is 0 Å². The van der Waals surface area contributed by atoms with Gasteiger partial charge < -0.3 is 10.0 Å². The lowest BCUT2D eigenvalue weighted by molar-refractivity contribution is 0.0690. The molecule has 0 spiro atoms. The summed E-state index contributed by atoms with van der Waals surface area (Å²) < 4.78 is 0. The summed E-state index contributed by atoms with van der Waals surface area (Å²) in [5.74, 6) is -0.293. The first-order valence-corrected chi connectivity index (χ1v) is 6.61. The van der Waals surface area contributed by atoms with Gasteiger partial charge in [-0.2, -0.15) is 0 Å². The van der Waals surface area contributed by atoms with Crippen LogP contribution in [0.5, 0.6) is 0 Å². The van der Waals surface area contributed by atoms with E-state index in [1.165, 1.54) is 6.07 Å². The van der Waals surface area contributed by atoms with Gasteiger partial charge in [-0.15, -0.1) is 0 Å². The van der Waals surface area contributed by atoms with E-state index in [0.29, 0.717) is 18.4 Å². The van der Waals surface area contributed by atoms with E-state index in [9.17, 15) is 4.79 Å². The molecular formula is C15H15N3O2. The van der Waals surface area contributed by atoms with Crippen molar-refractivity contribution in [1.82, 2.24) is 9.97 Å². The number of aromatic nitrogens is 2. The Morgan fingerprint density at radius 1 is 1.25 bits per heavy atom. The van der Waals surface area contributed by atoms with E-state index in [0.717, 1.165) is 18.5 Å². The average Bonchev–Trinajstić information content (AvgIpc) is 3.30. The van der Waals surface area contributed by atoms with Gasteiger partial charge in [0.15, 0.2) is 5.69 Å². The van der Waals surface area contributed by atoms with Crippen molar-refractivity contribution in [2.75, 3.05) is 4.90 Å². The topological polar surface area (TPSA) is 66.3 Å². The highest BCUT2D eigenvalue weighted by atomic mass is 16.4. The van der Waals surface area contributed by atoms with E-state index in [2.05, 4.69) is 14.9 Å². The summed E-state index contributed by atoms with van der Waals surface area (Å²) >= 11 is 0. The van der Waals surface area contributed by atoms with Crippen LogP contribution >= 0.6 is 0 Å². The van der Waals surface area contributed by atoms with E-state index in [4.69, 9.17) is 5.11 Å². The van der Waals surface area contributed by atoms with Gasteiger partial charge >= 0.3 is 5.97 Å². The van der Waals surface area contributed by atoms with Crippen molar-refractivity contribution in [3.63, 3.8) is 0 Å². The molecule has 2 heterocycles. The summed E-state index contributed by atoms with van der Waals surface area (Å²) in [6.45, 7) is 0.654. The van der Waals surface area contributed by atoms with E-state index >= 15 is 0 Å². The van der Waals surface area contributed by atoms with Crippen LogP contribution in [0.4, 0.5) is 5.82 Å². The molecule has 20 heavy (non-hydrogen) atoms. The number of anilines is 1. The van der Waals surface area contributed by atoms with Gasteiger partial charge in [-0.05, 0) is 37.1 Å². The molecule has 0 aromatic carbocycles. The Morgan fingerprint density at radius 3 is 2.75 bits per heavy atom. The molecule has 1 fully saturated rings. The van der Waals surface area contributed by atoms with E-state index in [1.807, 2.05) is 24.3 Å². The van der Waals surface area contributed by atoms with Crippen LogP contribution < -0.4 is 4.90 Å². The predicted molar refractivity (Wildman–Crippen MR) is 74.6 cm³/mol. The molecule has 1 N–H and O–H groups in total. The molecule has 5 heteroatoms. The summed E-state index contributed by atoms with van der Waals surface area (Å²) in [7, 11) is 0. The van der Waals surface area contributed by atoms with Gasteiger partial charge in [-0.3, -0.25) is 4.98 Å². The van der Waals surface area contributed by atoms with Gasteiger partial charge in [-0.1, -0.05) is 12.1 Å². The fraction of sp³-hybridized carbons (Fsp3) is 0.267. The van der Waals surface area contributed by atoms with Crippen LogP contribution in [0.2, 0.25) is 0 Å². The van der Waals surface area contributed by atoms with E-state index < -0.39 is 5.97 Å². The molecule has 0 amide bonds. The molecule has 5 nitrogen and oxygen atoms in total. The third kappa shape index (κ3) is 2.77. The van der Waals surface area contributed by atoms with Crippen LogP contribution in [0.15, 0.2) is 42.6 Å². The molecule has 0 bridgehead atoms. The number of nitrogens with zero attached hydrogens (tertiary/aromatic N) is 3. The van der Waals surface area contributed by atoms with Gasteiger partial charge in [-0.25, -0.2) is 9.78 Å². The fourth-order valence-electron chi connectivity index (χ4n) is 2.15. The van der Waals surface area contributed by atoms with Crippen molar-refractivity contribution >= 4 is 11.8 Å². The Balaban J connectivity index is 1.87. The number of pyridine rings is 2. The highest BCUT2D eigenvalue weighted by Gasteiger charge is 2.30. The molecule has 3 rings (SSSR count). The summed E-state index contributed by atoms with van der Waals surface area (Å²) in [4.78, 5) is 21.7. The average molecular weight is 269 g/mol. The summed E-state index contributed by atoms with van der Waals surface area (Å²) in [6, 6.07) is 11.3. The predicted octanol–water partition coefficient (Wildman–Crippen LogP) is 2.34. The third-order valence-corrected chi connectivity index (χ3v) is 3.29. The van der Waals surface area contributed by atoms with Crippen molar-refractivity contribution in [2.24, 2.45) is 0 Å². The molecule has 1 saturated carbocycles. The molecule has 102 valence electrons. The molecule has 0 radical (unpaired) electrons. The van der Waals surface area contributed by atoms with Crippen LogP contribution in [-0.2, 0) is 6.54 Å². The molecule has 2 aromatic rings. The third-order valence-electron chi connectivity index (χ3n) is 3.29. The minimum absolute atomic E-state index is 0.0779. The second-order valence-electron chi connectivity index (χ2n) is 4.87. The maximum Gasteiger partial charge on any atom is 0.354 e. The molecule has 1 aliphatic carbocycles. The first kappa shape index (κ1) is 12.6. The summed E-state index contributed by atoms with van der Waals surface area (Å²) in [5, 5.41) is 9.04. The Kier molecular flexibility index (Phi) is 3.33. The molecule has 0 unspecified atom stereocenters. The summed E-state index contributed by atoms with van der Waals surface area (Å²) in [5.41, 5.74) is 1.04. The highest BCUT2D eigenvalue weighted by Crippen LogP contribution is 2.31. The first-order valence-electron chi connectivity index (χ1n) is 6.61. The van der Waals surface area contributed by atoms with Gasteiger partial charge in [0.05, 0.1) is 12.2 Å². The van der Waals surface area contributed by atoms with Crippen LogP contribution in [0.25, 0.3) is 0 Å². The van der Waals surface area contributed by atoms with E-state index in [-0.39, 0.29) is 5.69 Å². The minimum Gasteiger partial charge on any atom is -0.477 e. The standard InChI is InChI=1S/C15H15N3O2/c19-15(20)13-5-3-6-14(17-13)18(12-7-8-12)10-11-4-1-2-9-16-11/h1-6,9,12H,7-8,10H2,(H,19,20). The zero-order chi connectivity index (χ0) is 13.9. The monoisotopic (exact) mass is 269 g/mol. The maximum absolute atomic E-state index is 11.0. The van der Waals surface area contributed by atoms with Gasteiger partial charge in [0.25, 0.3) is 0 Å². The molecule has 0 saturated heterocycles. The number of carboxylic acids is 1. The van der Waals surface area contributed by atoms with Crippen LogP contribution in [0.1, 0.15) is 29.0 Å². The SMILES string of the molecule is O=C(O)c1cccc(N(Cc2ccccn2)C2CC2)n1. The second kappa shape index (κ2) is 5.28. The van der Waals surface area contributed by atoms with Crippen molar-refractivity contribution in [1.29, 1.82) is 0 Å². The van der Waals surface area contributed by atoms with Crippen LogP contribution in [-0.4, -0.2) is 27.1 Å². The van der Waals surface area contributed by atoms with Crippen molar-refractivity contribution in [3.05, 3.63) is 54.0 Å². The molecule has 1 aliphatic rings. The van der Waals surface area contributed by atoms with Gasteiger partial charge in [0.2, 0.25) is 0 Å². The zero-order valence-electron chi connectivity index (χ0n) is 10.9. The second-order valence-corrected chi connectivity index (χ2v) is 4.87. The summed E-state index contributed by atoms with van der Waals surface area (Å²) in [6.07, 6.45) is 4.00. The number of rotatable bonds is 5. The number of carboxylic acid groups (broad SMARTS) is 1. The molecular weight excluding hydrogens is 254 g/mol.